The molecule has 12 heteroatoms. The lowest BCUT2D eigenvalue weighted by molar-refractivity contribution is -0.139. The molecule has 0 heterocycles. The molecule has 0 bridgehead atoms. The minimum atomic E-state index is -4.27. The molecular weight excluding hydrogens is 585 g/mol. The third-order valence-electron chi connectivity index (χ3n) is 5.86. The number of amides is 2. The summed E-state index contributed by atoms with van der Waals surface area (Å²) in [5, 5.41) is 3.52. The van der Waals surface area contributed by atoms with Crippen LogP contribution < -0.4 is 14.4 Å². The van der Waals surface area contributed by atoms with E-state index in [2.05, 4.69) is 5.32 Å². The predicted octanol–water partition coefficient (Wildman–Crippen LogP) is 5.40. The van der Waals surface area contributed by atoms with E-state index < -0.39 is 34.4 Å². The van der Waals surface area contributed by atoms with E-state index >= 15 is 0 Å². The van der Waals surface area contributed by atoms with Gasteiger partial charge in [0.15, 0.2) is 0 Å². The first-order chi connectivity index (χ1) is 18.5. The monoisotopic (exact) mass is 611 g/mol. The number of nitrogens with one attached hydrogen (secondary N) is 1. The van der Waals surface area contributed by atoms with Gasteiger partial charge in [0.2, 0.25) is 11.8 Å². The summed E-state index contributed by atoms with van der Waals surface area (Å²) < 4.78 is 34.5. The number of para-hydroxylation sites is 2. The first-order valence-corrected chi connectivity index (χ1v) is 14.5. The number of hydrogen-bond donors (Lipinski definition) is 1. The van der Waals surface area contributed by atoms with Crippen LogP contribution in [-0.4, -0.2) is 51.4 Å². The lowest BCUT2D eigenvalue weighted by Crippen LogP contribution is -2.50. The van der Waals surface area contributed by atoms with E-state index in [0.29, 0.717) is 15.6 Å². The quantitative estimate of drug-likeness (QED) is 0.313. The molecule has 0 saturated heterocycles. The summed E-state index contributed by atoms with van der Waals surface area (Å²) in [7, 11) is -2.81. The van der Waals surface area contributed by atoms with Crippen LogP contribution in [0.2, 0.25) is 15.1 Å². The van der Waals surface area contributed by atoms with Crippen LogP contribution in [-0.2, 0) is 26.2 Å². The van der Waals surface area contributed by atoms with Crippen LogP contribution in [0.15, 0.2) is 71.6 Å². The lowest BCUT2D eigenvalue weighted by atomic mass is 10.1. The van der Waals surface area contributed by atoms with Gasteiger partial charge in [-0.3, -0.25) is 13.9 Å². The highest BCUT2D eigenvalue weighted by Crippen LogP contribution is 2.33. The van der Waals surface area contributed by atoms with Crippen LogP contribution in [0.3, 0.4) is 0 Å². The van der Waals surface area contributed by atoms with Crippen LogP contribution in [0.25, 0.3) is 0 Å². The van der Waals surface area contributed by atoms with Crippen molar-refractivity contribution >= 4 is 62.3 Å². The van der Waals surface area contributed by atoms with Crippen LogP contribution in [0.4, 0.5) is 5.69 Å². The largest absolute Gasteiger partial charge is 0.492 e. The molecule has 8 nitrogen and oxygen atoms in total. The Labute approximate surface area is 243 Å². The van der Waals surface area contributed by atoms with Gasteiger partial charge in [0, 0.05) is 18.6 Å². The van der Waals surface area contributed by atoms with Crippen molar-refractivity contribution in [3.8, 4) is 5.75 Å². The van der Waals surface area contributed by atoms with Crippen molar-refractivity contribution in [3.05, 3.63) is 87.4 Å². The summed E-state index contributed by atoms with van der Waals surface area (Å²) in [5.74, 6) is -0.771. The molecule has 0 aliphatic rings. The van der Waals surface area contributed by atoms with Crippen LogP contribution in [0.5, 0.6) is 5.75 Å². The van der Waals surface area contributed by atoms with Gasteiger partial charge < -0.3 is 15.0 Å². The maximum absolute atomic E-state index is 13.9. The molecule has 39 heavy (non-hydrogen) atoms. The molecule has 0 radical (unpaired) electrons. The molecule has 3 rings (SSSR count). The Bertz CT molecular complexity index is 1430. The fourth-order valence-electron chi connectivity index (χ4n) is 3.81. The van der Waals surface area contributed by atoms with E-state index in [4.69, 9.17) is 39.5 Å². The van der Waals surface area contributed by atoms with E-state index in [0.717, 1.165) is 4.31 Å². The number of likely N-dealkylation sites (N-methyl/N-ethyl adjacent to an activating group) is 1. The molecule has 2 amide bonds. The number of carbonyl (C=O) groups is 2. The standard InChI is InChI=1S/C27H28Cl3N3O5S/c1-4-38-25-8-6-5-7-24(25)33(39(36,37)21-12-10-20(28)11-13-21)17-26(34)32(18(2)27(35)31-3)16-19-9-14-22(29)23(30)15-19/h5-15,18H,4,16-17H2,1-3H3,(H,31,35). The highest BCUT2D eigenvalue weighted by atomic mass is 35.5. The number of ether oxygens (including phenoxy) is 1. The second-order valence-electron chi connectivity index (χ2n) is 8.43. The smallest absolute Gasteiger partial charge is 0.264 e. The number of rotatable bonds is 11. The summed E-state index contributed by atoms with van der Waals surface area (Å²) in [6.07, 6.45) is 0. The first-order valence-electron chi connectivity index (χ1n) is 11.9. The minimum absolute atomic E-state index is 0.0216. The van der Waals surface area contributed by atoms with Crippen LogP contribution in [0, 0.1) is 0 Å². The van der Waals surface area contributed by atoms with Gasteiger partial charge in [0.05, 0.1) is 27.2 Å². The average molecular weight is 613 g/mol. The molecule has 3 aromatic carbocycles. The summed E-state index contributed by atoms with van der Waals surface area (Å²) >= 11 is 18.2. The Morgan fingerprint density at radius 1 is 0.974 bits per heavy atom. The zero-order chi connectivity index (χ0) is 28.7. The van der Waals surface area contributed by atoms with Crippen LogP contribution in [0.1, 0.15) is 19.4 Å². The maximum Gasteiger partial charge on any atom is 0.264 e. The fourth-order valence-corrected chi connectivity index (χ4v) is 5.69. The number of nitrogens with zero attached hydrogens (tertiary/aromatic N) is 2. The molecule has 208 valence electrons. The van der Waals surface area contributed by atoms with E-state index in [1.807, 2.05) is 0 Å². The number of halogens is 3. The number of benzene rings is 3. The number of anilines is 1. The molecule has 0 aliphatic carbocycles. The molecule has 0 aliphatic heterocycles. The van der Waals surface area contributed by atoms with E-state index in [-0.39, 0.29) is 34.5 Å². The zero-order valence-corrected chi connectivity index (χ0v) is 24.6. The van der Waals surface area contributed by atoms with Gasteiger partial charge in [-0.05, 0) is 67.9 Å². The van der Waals surface area contributed by atoms with Gasteiger partial charge in [0.25, 0.3) is 10.0 Å². The molecule has 3 aromatic rings. The van der Waals surface area contributed by atoms with Gasteiger partial charge in [-0.1, -0.05) is 53.0 Å². The second-order valence-corrected chi connectivity index (χ2v) is 11.5. The van der Waals surface area contributed by atoms with Crippen molar-refractivity contribution in [2.24, 2.45) is 0 Å². The molecule has 1 N–H and O–H groups in total. The van der Waals surface area contributed by atoms with Crippen molar-refractivity contribution in [2.75, 3.05) is 24.5 Å². The molecular formula is C27H28Cl3N3O5S. The van der Waals surface area contributed by atoms with Crippen molar-refractivity contribution in [3.63, 3.8) is 0 Å². The second kappa shape index (κ2) is 13.4. The summed E-state index contributed by atoms with van der Waals surface area (Å²) in [5.41, 5.74) is 0.778. The van der Waals surface area contributed by atoms with Crippen molar-refractivity contribution < 1.29 is 22.7 Å². The highest BCUT2D eigenvalue weighted by molar-refractivity contribution is 7.92. The van der Waals surface area contributed by atoms with E-state index in [1.165, 1.54) is 36.2 Å². The third-order valence-corrected chi connectivity index (χ3v) is 8.63. The molecule has 0 aromatic heterocycles. The Morgan fingerprint density at radius 2 is 1.64 bits per heavy atom. The average Bonchev–Trinajstić information content (AvgIpc) is 2.92. The zero-order valence-electron chi connectivity index (χ0n) is 21.5. The summed E-state index contributed by atoms with van der Waals surface area (Å²) in [6, 6.07) is 16.1. The highest BCUT2D eigenvalue weighted by Gasteiger charge is 2.33. The lowest BCUT2D eigenvalue weighted by Gasteiger charge is -2.32. The van der Waals surface area contributed by atoms with Gasteiger partial charge in [0.1, 0.15) is 18.3 Å². The van der Waals surface area contributed by atoms with Crippen molar-refractivity contribution in [1.82, 2.24) is 10.2 Å². The van der Waals surface area contributed by atoms with Gasteiger partial charge in [-0.15, -0.1) is 0 Å². The van der Waals surface area contributed by atoms with E-state index in [1.54, 1.807) is 56.3 Å². The third kappa shape index (κ3) is 7.36. The molecule has 0 saturated carbocycles. The minimum Gasteiger partial charge on any atom is -0.492 e. The summed E-state index contributed by atoms with van der Waals surface area (Å²) in [4.78, 5) is 27.7. The Morgan fingerprint density at radius 3 is 2.26 bits per heavy atom. The predicted molar refractivity (Wildman–Crippen MR) is 154 cm³/mol. The molecule has 0 fully saturated rings. The number of sulfonamides is 1. The van der Waals surface area contributed by atoms with Gasteiger partial charge in [-0.25, -0.2) is 8.42 Å². The number of carbonyl (C=O) groups excluding carboxylic acids is 2. The normalized spacial score (nSPS) is 11.9. The van der Waals surface area contributed by atoms with Crippen molar-refractivity contribution in [2.45, 2.75) is 31.3 Å². The molecule has 0 spiro atoms. The SMILES string of the molecule is CCOc1ccccc1N(CC(=O)N(Cc1ccc(Cl)c(Cl)c1)C(C)C(=O)NC)S(=O)(=O)c1ccc(Cl)cc1. The molecule has 1 atom stereocenters. The molecule has 1 unspecified atom stereocenters. The topological polar surface area (TPSA) is 96.0 Å². The fraction of sp³-hybridized carbons (Fsp3) is 0.259. The van der Waals surface area contributed by atoms with Crippen molar-refractivity contribution in [1.29, 1.82) is 0 Å². The summed E-state index contributed by atoms with van der Waals surface area (Å²) in [6.45, 7) is 2.96. The van der Waals surface area contributed by atoms with Gasteiger partial charge in [-0.2, -0.15) is 0 Å². The Hall–Kier alpha value is -2.98. The van der Waals surface area contributed by atoms with E-state index in [9.17, 15) is 18.0 Å². The Kier molecular flexibility index (Phi) is 10.5. The van der Waals surface area contributed by atoms with Gasteiger partial charge >= 0.3 is 0 Å². The first kappa shape index (κ1) is 30.6. The maximum atomic E-state index is 13.9. The number of hydrogen-bond acceptors (Lipinski definition) is 5. The Balaban J connectivity index is 2.09. The van der Waals surface area contributed by atoms with Crippen LogP contribution >= 0.6 is 34.8 Å².